The summed E-state index contributed by atoms with van der Waals surface area (Å²) in [5, 5.41) is 15.6. The van der Waals surface area contributed by atoms with E-state index >= 15 is 0 Å². The lowest BCUT2D eigenvalue weighted by Gasteiger charge is -2.14. The minimum atomic E-state index is -0.360. The zero-order chi connectivity index (χ0) is 13.7. The first-order valence-corrected chi connectivity index (χ1v) is 6.47. The van der Waals surface area contributed by atoms with Crippen LogP contribution in [0.5, 0.6) is 5.75 Å². The topological polar surface area (TPSA) is 70.6 Å². The fourth-order valence-corrected chi connectivity index (χ4v) is 2.16. The van der Waals surface area contributed by atoms with Crippen LogP contribution in [-0.4, -0.2) is 43.9 Å². The van der Waals surface area contributed by atoms with Crippen molar-refractivity contribution in [3.63, 3.8) is 0 Å². The molecule has 1 amide bonds. The Morgan fingerprint density at radius 1 is 1.40 bits per heavy atom. The third-order valence-corrected chi connectivity index (χ3v) is 3.39. The summed E-state index contributed by atoms with van der Waals surface area (Å²) in [6.07, 6.45) is -0.0125. The van der Waals surface area contributed by atoms with E-state index in [9.17, 15) is 9.90 Å². The van der Waals surface area contributed by atoms with Crippen LogP contribution in [0.25, 0.3) is 0 Å². The van der Waals surface area contributed by atoms with Crippen molar-refractivity contribution in [2.75, 3.05) is 26.7 Å². The Hall–Kier alpha value is -1.30. The second-order valence-corrected chi connectivity index (χ2v) is 4.81. The fourth-order valence-electron chi connectivity index (χ4n) is 2.16. The van der Waals surface area contributed by atoms with Crippen molar-refractivity contribution in [2.45, 2.75) is 12.5 Å². The number of amides is 1. The molecule has 1 saturated heterocycles. The molecule has 5 nitrogen and oxygen atoms in total. The highest BCUT2D eigenvalue weighted by Gasteiger charge is 2.24. The van der Waals surface area contributed by atoms with Gasteiger partial charge in [-0.25, -0.2) is 0 Å². The van der Waals surface area contributed by atoms with Crippen LogP contribution in [0.15, 0.2) is 24.3 Å². The average molecular weight is 301 g/mol. The highest BCUT2D eigenvalue weighted by Crippen LogP contribution is 2.12. The molecule has 20 heavy (non-hydrogen) atoms. The Bertz CT molecular complexity index is 425. The van der Waals surface area contributed by atoms with Crippen LogP contribution in [0.2, 0.25) is 0 Å². The Morgan fingerprint density at radius 2 is 2.10 bits per heavy atom. The molecule has 2 unspecified atom stereocenters. The van der Waals surface area contributed by atoms with Crippen molar-refractivity contribution >= 4 is 18.3 Å². The molecule has 0 radical (unpaired) electrons. The molecule has 0 bridgehead atoms. The van der Waals surface area contributed by atoms with Crippen molar-refractivity contribution in [3.05, 3.63) is 29.8 Å². The number of benzene rings is 1. The highest BCUT2D eigenvalue weighted by atomic mass is 35.5. The van der Waals surface area contributed by atoms with Gasteiger partial charge >= 0.3 is 0 Å². The molecular formula is C14H21ClN2O3. The summed E-state index contributed by atoms with van der Waals surface area (Å²) in [6.45, 7) is 1.88. The molecule has 1 aromatic carbocycles. The van der Waals surface area contributed by atoms with E-state index < -0.39 is 0 Å². The zero-order valence-corrected chi connectivity index (χ0v) is 12.3. The number of halogens is 1. The van der Waals surface area contributed by atoms with Gasteiger partial charge in [-0.2, -0.15) is 0 Å². The maximum Gasteiger partial charge on any atom is 0.224 e. The van der Waals surface area contributed by atoms with Crippen LogP contribution >= 0.6 is 12.4 Å². The molecule has 1 aromatic rings. The molecule has 1 aliphatic heterocycles. The van der Waals surface area contributed by atoms with Crippen LogP contribution in [0.1, 0.15) is 5.56 Å². The number of nitrogens with one attached hydrogen (secondary N) is 2. The molecule has 1 fully saturated rings. The number of methoxy groups -OCH3 is 1. The molecule has 0 saturated carbocycles. The Balaban J connectivity index is 0.00000200. The summed E-state index contributed by atoms with van der Waals surface area (Å²) in [4.78, 5) is 11.8. The SMILES string of the molecule is COc1ccc(CC(=O)NCC2CNCC2O)cc1.Cl. The van der Waals surface area contributed by atoms with Gasteiger partial charge in [-0.3, -0.25) is 4.79 Å². The molecule has 2 rings (SSSR count). The van der Waals surface area contributed by atoms with Gasteiger partial charge in [-0.05, 0) is 17.7 Å². The van der Waals surface area contributed by atoms with Crippen LogP contribution in [0, 0.1) is 5.92 Å². The Labute approximate surface area is 125 Å². The number of carbonyl (C=O) groups is 1. The number of rotatable bonds is 5. The zero-order valence-electron chi connectivity index (χ0n) is 11.5. The molecule has 3 N–H and O–H groups in total. The van der Waals surface area contributed by atoms with Crippen molar-refractivity contribution in [1.82, 2.24) is 10.6 Å². The van der Waals surface area contributed by atoms with Crippen LogP contribution in [-0.2, 0) is 11.2 Å². The second kappa shape index (κ2) is 8.09. The van der Waals surface area contributed by atoms with Gasteiger partial charge in [0.05, 0.1) is 19.6 Å². The van der Waals surface area contributed by atoms with E-state index in [1.165, 1.54) is 0 Å². The predicted octanol–water partition coefficient (Wildman–Crippen LogP) is 0.356. The predicted molar refractivity (Wildman–Crippen MR) is 79.3 cm³/mol. The molecule has 2 atom stereocenters. The summed E-state index contributed by atoms with van der Waals surface area (Å²) in [6, 6.07) is 7.44. The first-order valence-electron chi connectivity index (χ1n) is 6.47. The lowest BCUT2D eigenvalue weighted by molar-refractivity contribution is -0.120. The van der Waals surface area contributed by atoms with E-state index in [1.54, 1.807) is 7.11 Å². The number of hydrogen-bond donors (Lipinski definition) is 3. The van der Waals surface area contributed by atoms with E-state index in [0.29, 0.717) is 19.5 Å². The minimum Gasteiger partial charge on any atom is -0.497 e. The van der Waals surface area contributed by atoms with Gasteiger partial charge in [0, 0.05) is 25.6 Å². The maximum atomic E-state index is 11.8. The number of aliphatic hydroxyl groups excluding tert-OH is 1. The first kappa shape index (κ1) is 16.8. The van der Waals surface area contributed by atoms with Crippen LogP contribution < -0.4 is 15.4 Å². The monoisotopic (exact) mass is 300 g/mol. The van der Waals surface area contributed by atoms with Crippen molar-refractivity contribution in [3.8, 4) is 5.75 Å². The van der Waals surface area contributed by atoms with E-state index in [4.69, 9.17) is 4.74 Å². The minimum absolute atomic E-state index is 0. The Morgan fingerprint density at radius 3 is 2.65 bits per heavy atom. The van der Waals surface area contributed by atoms with Gasteiger partial charge in [0.25, 0.3) is 0 Å². The van der Waals surface area contributed by atoms with E-state index in [2.05, 4.69) is 10.6 Å². The molecule has 0 aromatic heterocycles. The lowest BCUT2D eigenvalue weighted by Crippen LogP contribution is -2.35. The van der Waals surface area contributed by atoms with Gasteiger partial charge in [0.1, 0.15) is 5.75 Å². The quantitative estimate of drug-likeness (QED) is 0.734. The summed E-state index contributed by atoms with van der Waals surface area (Å²) < 4.78 is 5.07. The molecule has 1 heterocycles. The largest absolute Gasteiger partial charge is 0.497 e. The summed E-state index contributed by atoms with van der Waals surface area (Å²) in [7, 11) is 1.61. The first-order chi connectivity index (χ1) is 9.19. The molecule has 6 heteroatoms. The summed E-state index contributed by atoms with van der Waals surface area (Å²) in [5.41, 5.74) is 0.948. The molecule has 0 aliphatic carbocycles. The van der Waals surface area contributed by atoms with Crippen LogP contribution in [0.4, 0.5) is 0 Å². The smallest absolute Gasteiger partial charge is 0.224 e. The molecule has 112 valence electrons. The number of β-amino-alcohol motifs (C(OH)–C–C–N with tert-alkyl or cyclic N) is 1. The fraction of sp³-hybridized carbons (Fsp3) is 0.500. The van der Waals surface area contributed by atoms with Gasteiger partial charge in [-0.15, -0.1) is 12.4 Å². The second-order valence-electron chi connectivity index (χ2n) is 4.81. The van der Waals surface area contributed by atoms with Crippen molar-refractivity contribution in [2.24, 2.45) is 5.92 Å². The van der Waals surface area contributed by atoms with Gasteiger partial charge in [0.15, 0.2) is 0 Å². The standard InChI is InChI=1S/C14H20N2O3.ClH/c1-19-12-4-2-10(3-5-12)6-14(18)16-8-11-7-15-9-13(11)17;/h2-5,11,13,15,17H,6-9H2,1H3,(H,16,18);1H. The van der Waals surface area contributed by atoms with Gasteiger partial charge in [0.2, 0.25) is 5.91 Å². The number of ether oxygens (including phenoxy) is 1. The van der Waals surface area contributed by atoms with Gasteiger partial charge < -0.3 is 20.5 Å². The molecular weight excluding hydrogens is 280 g/mol. The third kappa shape index (κ3) is 4.67. The Kier molecular flexibility index (Phi) is 6.78. The number of aliphatic hydroxyl groups is 1. The highest BCUT2D eigenvalue weighted by molar-refractivity contribution is 5.85. The summed E-state index contributed by atoms with van der Waals surface area (Å²) >= 11 is 0. The van der Waals surface area contributed by atoms with E-state index in [-0.39, 0.29) is 30.3 Å². The molecule has 1 aliphatic rings. The average Bonchev–Trinajstić information content (AvgIpc) is 2.83. The summed E-state index contributed by atoms with van der Waals surface area (Å²) in [5.74, 6) is 0.869. The normalized spacial score (nSPS) is 21.1. The van der Waals surface area contributed by atoms with Gasteiger partial charge in [-0.1, -0.05) is 12.1 Å². The lowest BCUT2D eigenvalue weighted by atomic mass is 10.1. The number of hydrogen-bond acceptors (Lipinski definition) is 4. The van der Waals surface area contributed by atoms with Crippen molar-refractivity contribution < 1.29 is 14.6 Å². The van der Waals surface area contributed by atoms with Crippen molar-refractivity contribution in [1.29, 1.82) is 0 Å². The van der Waals surface area contributed by atoms with Crippen LogP contribution in [0.3, 0.4) is 0 Å². The number of carbonyl (C=O) groups excluding carboxylic acids is 1. The third-order valence-electron chi connectivity index (χ3n) is 3.39. The van der Waals surface area contributed by atoms with E-state index in [1.807, 2.05) is 24.3 Å². The maximum absolute atomic E-state index is 11.8. The van der Waals surface area contributed by atoms with E-state index in [0.717, 1.165) is 17.9 Å². The molecule has 0 spiro atoms.